The van der Waals surface area contributed by atoms with Crippen molar-refractivity contribution in [3.8, 4) is 0 Å². The molecule has 0 saturated carbocycles. The zero-order valence-electron chi connectivity index (χ0n) is 4.82. The van der Waals surface area contributed by atoms with Crippen LogP contribution in [0.25, 0.3) is 0 Å². The molecule has 6 heteroatoms. The molecule has 0 aliphatic carbocycles. The van der Waals surface area contributed by atoms with Gasteiger partial charge in [-0.3, -0.25) is 4.79 Å². The predicted octanol–water partition coefficient (Wildman–Crippen LogP) is -1.18. The van der Waals surface area contributed by atoms with Gasteiger partial charge in [0.05, 0.1) is 0 Å². The van der Waals surface area contributed by atoms with Gasteiger partial charge < -0.3 is 15.9 Å². The van der Waals surface area contributed by atoms with Crippen molar-refractivity contribution in [3.63, 3.8) is 0 Å². The second-order valence-corrected chi connectivity index (χ2v) is 1.60. The van der Waals surface area contributed by atoms with Crippen LogP contribution in [0, 0.1) is 0 Å². The highest BCUT2D eigenvalue weighted by Gasteiger charge is 2.29. The number of alkyl halides is 1. The lowest BCUT2D eigenvalue weighted by Crippen LogP contribution is -2.43. The molecule has 0 aromatic carbocycles. The van der Waals surface area contributed by atoms with E-state index in [4.69, 9.17) is 10.2 Å². The summed E-state index contributed by atoms with van der Waals surface area (Å²) in [6, 6.07) is -1.99. The van der Waals surface area contributed by atoms with E-state index in [-0.39, 0.29) is 0 Å². The first-order valence-electron chi connectivity index (χ1n) is 2.32. The van der Waals surface area contributed by atoms with Crippen LogP contribution in [0.15, 0.2) is 0 Å². The molecule has 5 nitrogen and oxygen atoms in total. The first-order valence-corrected chi connectivity index (χ1v) is 2.32. The van der Waals surface area contributed by atoms with Crippen molar-refractivity contribution in [3.05, 3.63) is 0 Å². The van der Waals surface area contributed by atoms with Crippen LogP contribution in [0.2, 0.25) is 0 Å². The van der Waals surface area contributed by atoms with Crippen molar-refractivity contribution in [1.82, 2.24) is 0 Å². The maximum atomic E-state index is 12.1. The van der Waals surface area contributed by atoms with Gasteiger partial charge in [0.25, 0.3) is 0 Å². The van der Waals surface area contributed by atoms with E-state index in [1.165, 1.54) is 0 Å². The Morgan fingerprint density at radius 2 is 1.70 bits per heavy atom. The van der Waals surface area contributed by atoms with Gasteiger partial charge >= 0.3 is 11.9 Å². The lowest BCUT2D eigenvalue weighted by Gasteiger charge is -2.05. The number of rotatable bonds is 3. The number of hydrogen-bond donors (Lipinski definition) is 3. The maximum Gasteiger partial charge on any atom is 0.340 e. The molecular formula is C4H6FNO4. The Morgan fingerprint density at radius 1 is 1.30 bits per heavy atom. The van der Waals surface area contributed by atoms with Gasteiger partial charge in [-0.25, -0.2) is 9.18 Å². The Bertz CT molecular complexity index is 141. The monoisotopic (exact) mass is 151 g/mol. The lowest BCUT2D eigenvalue weighted by atomic mass is 10.2. The first-order chi connectivity index (χ1) is 4.46. The Morgan fingerprint density at radius 3 is 1.80 bits per heavy atom. The van der Waals surface area contributed by atoms with Crippen LogP contribution < -0.4 is 5.73 Å². The van der Waals surface area contributed by atoms with E-state index >= 15 is 0 Å². The summed E-state index contributed by atoms with van der Waals surface area (Å²) in [5.41, 5.74) is 4.61. The Hall–Kier alpha value is -1.17. The van der Waals surface area contributed by atoms with Crippen molar-refractivity contribution < 1.29 is 24.2 Å². The average Bonchev–Trinajstić information content (AvgIpc) is 1.84. The van der Waals surface area contributed by atoms with Crippen molar-refractivity contribution in [2.45, 2.75) is 12.2 Å². The summed E-state index contributed by atoms with van der Waals surface area (Å²) in [5, 5.41) is 15.9. The highest BCUT2D eigenvalue weighted by molar-refractivity contribution is 5.83. The minimum absolute atomic E-state index is 1.67. The summed E-state index contributed by atoms with van der Waals surface area (Å²) in [7, 11) is 0. The van der Waals surface area contributed by atoms with E-state index in [0.717, 1.165) is 0 Å². The fraction of sp³-hybridized carbons (Fsp3) is 0.500. The Balaban J connectivity index is 4.07. The second-order valence-electron chi connectivity index (χ2n) is 1.60. The third-order valence-electron chi connectivity index (χ3n) is 0.836. The summed E-state index contributed by atoms with van der Waals surface area (Å²) in [4.78, 5) is 19.5. The van der Waals surface area contributed by atoms with Crippen LogP contribution in [0.3, 0.4) is 0 Å². The highest BCUT2D eigenvalue weighted by Crippen LogP contribution is 1.95. The van der Waals surface area contributed by atoms with E-state index in [1.807, 2.05) is 0 Å². The third kappa shape index (κ3) is 1.98. The molecule has 0 spiro atoms. The summed E-state index contributed by atoms with van der Waals surface area (Å²) >= 11 is 0. The number of carbonyl (C=O) groups is 2. The molecular weight excluding hydrogens is 145 g/mol. The SMILES string of the molecule is N[C@H](C(=O)O)[C@@H](F)C(=O)O. The molecule has 58 valence electrons. The quantitative estimate of drug-likeness (QED) is 0.471. The molecule has 0 heterocycles. The van der Waals surface area contributed by atoms with Crippen LogP contribution in [-0.4, -0.2) is 34.4 Å². The third-order valence-corrected chi connectivity index (χ3v) is 0.836. The molecule has 0 rings (SSSR count). The molecule has 10 heavy (non-hydrogen) atoms. The molecule has 0 aliphatic heterocycles. The molecule has 2 atom stereocenters. The summed E-state index contributed by atoms with van der Waals surface area (Å²) < 4.78 is 12.1. The zero-order chi connectivity index (χ0) is 8.31. The van der Waals surface area contributed by atoms with Crippen molar-refractivity contribution in [2.75, 3.05) is 0 Å². The number of carboxylic acids is 2. The van der Waals surface area contributed by atoms with Gasteiger partial charge in [-0.1, -0.05) is 0 Å². The zero-order valence-corrected chi connectivity index (χ0v) is 4.82. The van der Waals surface area contributed by atoms with Gasteiger partial charge in [0.2, 0.25) is 6.17 Å². The number of nitrogens with two attached hydrogens (primary N) is 1. The van der Waals surface area contributed by atoms with E-state index < -0.39 is 24.2 Å². The van der Waals surface area contributed by atoms with Crippen molar-refractivity contribution >= 4 is 11.9 Å². The molecule has 0 aromatic rings. The van der Waals surface area contributed by atoms with Crippen LogP contribution in [0.1, 0.15) is 0 Å². The van der Waals surface area contributed by atoms with E-state index in [0.29, 0.717) is 0 Å². The Labute approximate surface area is 55.3 Å². The highest BCUT2D eigenvalue weighted by atomic mass is 19.1. The summed E-state index contributed by atoms with van der Waals surface area (Å²) in [6.07, 6.45) is -2.54. The van der Waals surface area contributed by atoms with Gasteiger partial charge in [0.15, 0.2) is 0 Å². The maximum absolute atomic E-state index is 12.1. The Kier molecular flexibility index (Phi) is 2.75. The largest absolute Gasteiger partial charge is 0.480 e. The molecule has 0 saturated heterocycles. The minimum atomic E-state index is -2.54. The van der Waals surface area contributed by atoms with E-state index in [1.54, 1.807) is 0 Å². The van der Waals surface area contributed by atoms with Gasteiger partial charge in [-0.15, -0.1) is 0 Å². The molecule has 0 radical (unpaired) electrons. The first kappa shape index (κ1) is 8.83. The van der Waals surface area contributed by atoms with Crippen molar-refractivity contribution in [1.29, 1.82) is 0 Å². The molecule has 0 aliphatic rings. The smallest absolute Gasteiger partial charge is 0.340 e. The molecule has 0 unspecified atom stereocenters. The minimum Gasteiger partial charge on any atom is -0.480 e. The molecule has 0 bridgehead atoms. The summed E-state index contributed by atoms with van der Waals surface area (Å²) in [6.45, 7) is 0. The molecule has 0 aromatic heterocycles. The van der Waals surface area contributed by atoms with Crippen LogP contribution in [-0.2, 0) is 9.59 Å². The standard InChI is InChI=1S/C4H6FNO4/c5-1(3(7)8)2(6)4(9)10/h1-2H,6H2,(H,7,8)(H,9,10)/t1-,2+/m1/s1. The average molecular weight is 151 g/mol. The number of aliphatic carboxylic acids is 2. The van der Waals surface area contributed by atoms with Gasteiger partial charge in [0, 0.05) is 0 Å². The topological polar surface area (TPSA) is 101 Å². The normalized spacial score (nSPS) is 15.8. The number of carboxylic acid groups (broad SMARTS) is 2. The fourth-order valence-corrected chi connectivity index (χ4v) is 0.279. The van der Waals surface area contributed by atoms with Crippen LogP contribution >= 0.6 is 0 Å². The molecule has 4 N–H and O–H groups in total. The van der Waals surface area contributed by atoms with Crippen LogP contribution in [0.5, 0.6) is 0 Å². The van der Waals surface area contributed by atoms with E-state index in [2.05, 4.69) is 5.73 Å². The van der Waals surface area contributed by atoms with Gasteiger partial charge in [-0.05, 0) is 0 Å². The fourth-order valence-electron chi connectivity index (χ4n) is 0.279. The van der Waals surface area contributed by atoms with Crippen molar-refractivity contribution in [2.24, 2.45) is 5.73 Å². The van der Waals surface area contributed by atoms with Gasteiger partial charge in [0.1, 0.15) is 6.04 Å². The molecule has 0 amide bonds. The summed E-state index contributed by atoms with van der Waals surface area (Å²) in [5.74, 6) is -3.54. The second kappa shape index (κ2) is 3.11. The van der Waals surface area contributed by atoms with Crippen LogP contribution in [0.4, 0.5) is 4.39 Å². The predicted molar refractivity (Wildman–Crippen MR) is 28.1 cm³/mol. The van der Waals surface area contributed by atoms with Gasteiger partial charge in [-0.2, -0.15) is 0 Å². The lowest BCUT2D eigenvalue weighted by molar-refractivity contribution is -0.150. The molecule has 0 fully saturated rings. The number of halogens is 1. The number of hydrogen-bond acceptors (Lipinski definition) is 3. The van der Waals surface area contributed by atoms with E-state index in [9.17, 15) is 14.0 Å².